The van der Waals surface area contributed by atoms with Crippen molar-refractivity contribution in [3.63, 3.8) is 0 Å². The van der Waals surface area contributed by atoms with Crippen LogP contribution in [-0.2, 0) is 5.41 Å². The van der Waals surface area contributed by atoms with Gasteiger partial charge in [-0.3, -0.25) is 19.2 Å². The van der Waals surface area contributed by atoms with Gasteiger partial charge in [0.15, 0.2) is 0 Å². The number of benzene rings is 6. The van der Waals surface area contributed by atoms with Gasteiger partial charge in [0.25, 0.3) is 23.6 Å². The Morgan fingerprint density at radius 1 is 0.585 bits per heavy atom. The van der Waals surface area contributed by atoms with E-state index in [4.69, 9.17) is 13.9 Å². The lowest BCUT2D eigenvalue weighted by molar-refractivity contribution is 0.0906. The summed E-state index contributed by atoms with van der Waals surface area (Å²) in [6.07, 6.45) is 8.50. The van der Waals surface area contributed by atoms with Crippen molar-refractivity contribution in [2.24, 2.45) is 0 Å². The molecule has 4 amide bonds. The Morgan fingerprint density at radius 3 is 1.75 bits per heavy atom. The van der Waals surface area contributed by atoms with Crippen molar-refractivity contribution in [2.75, 3.05) is 21.2 Å². The number of anilines is 3. The fourth-order valence-corrected chi connectivity index (χ4v) is 9.23. The lowest BCUT2D eigenvalue weighted by atomic mass is 9.78. The number of carbonyl (C=O) groups excluding carboxylic acids is 4. The smallest absolute Gasteiger partial charge is 0.332 e. The summed E-state index contributed by atoms with van der Waals surface area (Å²) in [5, 5.41) is 7.99. The van der Waals surface area contributed by atoms with Gasteiger partial charge in [0, 0.05) is 29.1 Å². The Morgan fingerprint density at radius 2 is 1.14 bits per heavy atom. The predicted molar refractivity (Wildman–Crippen MR) is 244 cm³/mol. The summed E-state index contributed by atoms with van der Waals surface area (Å²) in [7, 11) is 0. The van der Waals surface area contributed by atoms with E-state index >= 15 is 0 Å². The fourth-order valence-electron chi connectivity index (χ4n) is 9.23. The third kappa shape index (κ3) is 6.52. The molecule has 0 fully saturated rings. The molecule has 65 heavy (non-hydrogen) atoms. The highest BCUT2D eigenvalue weighted by molar-refractivity contribution is 6.35. The molecule has 2 atom stereocenters. The van der Waals surface area contributed by atoms with E-state index in [1.165, 1.54) is 11.0 Å². The van der Waals surface area contributed by atoms with Crippen molar-refractivity contribution in [1.29, 1.82) is 0 Å². The van der Waals surface area contributed by atoms with Crippen LogP contribution in [0.5, 0.6) is 23.0 Å². The van der Waals surface area contributed by atoms with Gasteiger partial charge >= 0.3 is 6.01 Å². The van der Waals surface area contributed by atoms with Gasteiger partial charge in [0.2, 0.25) is 5.89 Å². The number of hydrogen-bond donors (Lipinski definition) is 0. The number of nitrogens with zero attached hydrogens (tertiary/aromatic N) is 5. The van der Waals surface area contributed by atoms with E-state index in [1.54, 1.807) is 42.5 Å². The number of rotatable bonds is 10. The highest BCUT2D eigenvalue weighted by atomic mass is 16.5. The summed E-state index contributed by atoms with van der Waals surface area (Å²) in [5.41, 5.74) is 6.14. The van der Waals surface area contributed by atoms with Crippen molar-refractivity contribution in [1.82, 2.24) is 10.2 Å². The van der Waals surface area contributed by atoms with Crippen LogP contribution in [0.15, 0.2) is 162 Å². The van der Waals surface area contributed by atoms with E-state index in [9.17, 15) is 19.2 Å². The standard InChI is InChI=1S/C53H39N5O7/c1-4-56-45-13-9-8-12-39(45)42-28-34(18-27-46(42)56)57-48(59)40-25-23-37(29-43(40)50(57)61)63-35-19-14-32(15-20-35)53(2,3)33-16-21-36(22-17-33)64-38-24-26-41-44(30-38)51(62)58(49(41)60)52-55-54-47(65-52)31-10-6-5-7-11-31/h5-30,39,45H,4H2,1-3H3. The molecule has 0 spiro atoms. The van der Waals surface area contributed by atoms with Crippen LogP contribution >= 0.6 is 0 Å². The molecule has 0 bridgehead atoms. The molecular formula is C53H39N5O7. The van der Waals surface area contributed by atoms with Crippen LogP contribution < -0.4 is 24.2 Å². The molecule has 12 nitrogen and oxygen atoms in total. The number of imide groups is 2. The van der Waals surface area contributed by atoms with Gasteiger partial charge in [-0.15, -0.1) is 5.10 Å². The second-order valence-corrected chi connectivity index (χ2v) is 16.8. The Hall–Kier alpha value is -8.38. The van der Waals surface area contributed by atoms with E-state index in [0.717, 1.165) is 33.8 Å². The number of hydrogen-bond acceptors (Lipinski definition) is 10. The number of fused-ring (bicyclic) bond motifs is 5. The van der Waals surface area contributed by atoms with Crippen molar-refractivity contribution in [2.45, 2.75) is 38.1 Å². The van der Waals surface area contributed by atoms with Crippen molar-refractivity contribution < 1.29 is 33.1 Å². The Labute approximate surface area is 373 Å². The molecule has 7 aromatic rings. The molecule has 1 aliphatic carbocycles. The van der Waals surface area contributed by atoms with Gasteiger partial charge in [-0.25, -0.2) is 4.90 Å². The number of likely N-dealkylation sites (N-methyl/N-ethyl adjacent to an activating group) is 1. The fraction of sp³-hybridized carbons (Fsp3) is 0.132. The number of amides is 4. The molecule has 6 aromatic carbocycles. The molecule has 0 saturated carbocycles. The van der Waals surface area contributed by atoms with Crippen molar-refractivity contribution in [3.05, 3.63) is 197 Å². The second-order valence-electron chi connectivity index (χ2n) is 16.8. The van der Waals surface area contributed by atoms with Crippen LogP contribution in [0.4, 0.5) is 17.4 Å². The first-order valence-corrected chi connectivity index (χ1v) is 21.3. The summed E-state index contributed by atoms with van der Waals surface area (Å²) in [6, 6.07) is 40.2. The minimum Gasteiger partial charge on any atom is -0.457 e. The van der Waals surface area contributed by atoms with Gasteiger partial charge < -0.3 is 18.8 Å². The SMILES string of the molecule is CCN1c2ccc(N3C(=O)c4ccc(Oc5ccc(C(C)(C)c6ccc(Oc7ccc8c(c7)C(=O)N(c7nnc(-c9ccccc9)o7)C8=O)cc6)cc5)cc4C3=O)cc2C2C=CC=CC21. The maximum Gasteiger partial charge on any atom is 0.332 e. The lowest BCUT2D eigenvalue weighted by Gasteiger charge is -2.27. The topological polar surface area (TPSA) is 135 Å². The van der Waals surface area contributed by atoms with Crippen LogP contribution in [0.2, 0.25) is 0 Å². The number of allylic oxidation sites excluding steroid dienone is 2. The van der Waals surface area contributed by atoms with E-state index < -0.39 is 17.2 Å². The molecule has 4 heterocycles. The van der Waals surface area contributed by atoms with Gasteiger partial charge in [-0.05, 0) is 115 Å². The van der Waals surface area contributed by atoms with Crippen LogP contribution in [-0.4, -0.2) is 46.4 Å². The summed E-state index contributed by atoms with van der Waals surface area (Å²) in [4.78, 5) is 58.7. The molecule has 0 radical (unpaired) electrons. The maximum absolute atomic E-state index is 13.8. The normalized spacial score (nSPS) is 17.1. The molecule has 4 aliphatic rings. The Bertz CT molecular complexity index is 3170. The van der Waals surface area contributed by atoms with E-state index in [-0.39, 0.29) is 46.8 Å². The van der Waals surface area contributed by atoms with Crippen LogP contribution in [0.1, 0.15) is 84.8 Å². The molecule has 11 rings (SSSR count). The first-order valence-electron chi connectivity index (χ1n) is 21.3. The quantitative estimate of drug-likeness (QED) is 0.122. The molecule has 318 valence electrons. The largest absolute Gasteiger partial charge is 0.457 e. The summed E-state index contributed by atoms with van der Waals surface area (Å²) < 4.78 is 18.1. The monoisotopic (exact) mass is 857 g/mol. The molecule has 12 heteroatoms. The zero-order chi connectivity index (χ0) is 44.6. The highest BCUT2D eigenvalue weighted by Crippen LogP contribution is 2.46. The molecule has 2 unspecified atom stereocenters. The second kappa shape index (κ2) is 15.2. The average Bonchev–Trinajstić information content (AvgIpc) is 4.07. The van der Waals surface area contributed by atoms with Crippen molar-refractivity contribution >= 4 is 41.0 Å². The van der Waals surface area contributed by atoms with Gasteiger partial charge in [-0.1, -0.05) is 85.7 Å². The van der Waals surface area contributed by atoms with E-state index in [2.05, 4.69) is 60.2 Å². The zero-order valence-corrected chi connectivity index (χ0v) is 35.5. The summed E-state index contributed by atoms with van der Waals surface area (Å²) in [5.74, 6) is 0.443. The minimum absolute atomic E-state index is 0.157. The molecule has 3 aliphatic heterocycles. The molecule has 0 saturated heterocycles. The summed E-state index contributed by atoms with van der Waals surface area (Å²) in [6.45, 7) is 7.23. The highest BCUT2D eigenvalue weighted by Gasteiger charge is 2.42. The van der Waals surface area contributed by atoms with Crippen LogP contribution in [0, 0.1) is 0 Å². The average molecular weight is 858 g/mol. The Kier molecular flexibility index (Phi) is 9.20. The Balaban J connectivity index is 0.747. The molecule has 0 N–H and O–H groups in total. The van der Waals surface area contributed by atoms with Gasteiger partial charge in [-0.2, -0.15) is 4.90 Å². The third-order valence-electron chi connectivity index (χ3n) is 12.7. The van der Waals surface area contributed by atoms with Crippen molar-refractivity contribution in [3.8, 4) is 34.5 Å². The van der Waals surface area contributed by atoms with Gasteiger partial charge in [0.05, 0.1) is 34.0 Å². The lowest BCUT2D eigenvalue weighted by Crippen LogP contribution is -2.32. The molecule has 1 aromatic heterocycles. The zero-order valence-electron chi connectivity index (χ0n) is 35.5. The minimum atomic E-state index is -0.583. The predicted octanol–water partition coefficient (Wildman–Crippen LogP) is 10.7. The van der Waals surface area contributed by atoms with Crippen LogP contribution in [0.25, 0.3) is 11.5 Å². The van der Waals surface area contributed by atoms with E-state index in [1.807, 2.05) is 84.9 Å². The number of ether oxygens (including phenoxy) is 2. The number of carbonyl (C=O) groups is 4. The van der Waals surface area contributed by atoms with E-state index in [0.29, 0.717) is 45.4 Å². The maximum atomic E-state index is 13.8. The summed E-state index contributed by atoms with van der Waals surface area (Å²) >= 11 is 0. The molecular weight excluding hydrogens is 819 g/mol. The number of aromatic nitrogens is 2. The van der Waals surface area contributed by atoms with Crippen LogP contribution in [0.3, 0.4) is 0 Å². The third-order valence-corrected chi connectivity index (χ3v) is 12.7. The first kappa shape index (κ1) is 39.5. The first-order chi connectivity index (χ1) is 31.6. The van der Waals surface area contributed by atoms with Gasteiger partial charge in [0.1, 0.15) is 23.0 Å².